The minimum Gasteiger partial charge on any atom is -0.382 e. The molecule has 0 bridgehead atoms. The molecule has 1 atom stereocenters. The second-order valence-electron chi connectivity index (χ2n) is 6.51. The summed E-state index contributed by atoms with van der Waals surface area (Å²) in [4.78, 5) is 2.59. The first-order valence-electron chi connectivity index (χ1n) is 6.96. The first-order chi connectivity index (χ1) is 8.45. The summed E-state index contributed by atoms with van der Waals surface area (Å²) in [6, 6.07) is 1.85. The molecule has 1 aromatic heterocycles. The van der Waals surface area contributed by atoms with E-state index in [1.54, 1.807) is 0 Å². The van der Waals surface area contributed by atoms with Gasteiger partial charge in [0, 0.05) is 19.3 Å². The average molecular weight is 250 g/mol. The van der Waals surface area contributed by atoms with Crippen LogP contribution in [0.4, 0.5) is 5.82 Å². The summed E-state index contributed by atoms with van der Waals surface area (Å²) in [7, 11) is 0. The third-order valence-corrected chi connectivity index (χ3v) is 4.02. The van der Waals surface area contributed by atoms with Gasteiger partial charge in [-0.15, -0.1) is 0 Å². The number of rotatable bonds is 4. The molecular weight excluding hydrogens is 224 g/mol. The summed E-state index contributed by atoms with van der Waals surface area (Å²) >= 11 is 0. The van der Waals surface area contributed by atoms with E-state index < -0.39 is 0 Å². The van der Waals surface area contributed by atoms with Crippen molar-refractivity contribution in [2.45, 2.75) is 40.2 Å². The Balaban J connectivity index is 1.69. The molecule has 0 aromatic carbocycles. The number of nitrogens with zero attached hydrogens (tertiary/aromatic N) is 3. The van der Waals surface area contributed by atoms with E-state index in [2.05, 4.69) is 30.8 Å². The summed E-state index contributed by atoms with van der Waals surface area (Å²) < 4.78 is 1.94. The monoisotopic (exact) mass is 250 g/mol. The second-order valence-corrected chi connectivity index (χ2v) is 6.51. The number of aryl methyl sites for hydroxylation is 1. The van der Waals surface area contributed by atoms with Gasteiger partial charge >= 0.3 is 0 Å². The van der Waals surface area contributed by atoms with E-state index in [1.165, 1.54) is 26.1 Å². The minimum absolute atomic E-state index is 0.450. The van der Waals surface area contributed by atoms with Crippen LogP contribution in [-0.4, -0.2) is 34.3 Å². The van der Waals surface area contributed by atoms with Crippen LogP contribution in [0.15, 0.2) is 12.3 Å². The number of nitrogens with two attached hydrogens (primary N) is 1. The number of aromatic nitrogens is 2. The molecule has 0 radical (unpaired) electrons. The highest BCUT2D eigenvalue weighted by Crippen LogP contribution is 2.33. The van der Waals surface area contributed by atoms with Gasteiger partial charge in [-0.05, 0) is 43.3 Å². The van der Waals surface area contributed by atoms with Crippen molar-refractivity contribution >= 4 is 5.82 Å². The molecule has 102 valence electrons. The lowest BCUT2D eigenvalue weighted by Crippen LogP contribution is -2.27. The highest BCUT2D eigenvalue weighted by atomic mass is 15.3. The van der Waals surface area contributed by atoms with Crippen LogP contribution in [0.5, 0.6) is 0 Å². The minimum atomic E-state index is 0.450. The molecule has 2 N–H and O–H groups in total. The lowest BCUT2D eigenvalue weighted by atomic mass is 9.80. The fourth-order valence-electron chi connectivity index (χ4n) is 2.70. The van der Waals surface area contributed by atoms with Crippen molar-refractivity contribution in [3.63, 3.8) is 0 Å². The Kier molecular flexibility index (Phi) is 3.95. The van der Waals surface area contributed by atoms with Crippen molar-refractivity contribution in [2.75, 3.05) is 25.4 Å². The van der Waals surface area contributed by atoms with E-state index in [1.807, 2.05) is 16.9 Å². The molecule has 4 heteroatoms. The van der Waals surface area contributed by atoms with Crippen LogP contribution in [-0.2, 0) is 6.54 Å². The Bertz CT molecular complexity index is 377. The van der Waals surface area contributed by atoms with Crippen LogP contribution in [0.3, 0.4) is 0 Å². The van der Waals surface area contributed by atoms with Gasteiger partial charge < -0.3 is 10.6 Å². The van der Waals surface area contributed by atoms with E-state index in [0.29, 0.717) is 11.2 Å². The average Bonchev–Trinajstić information content (AvgIpc) is 2.87. The Morgan fingerprint density at radius 2 is 2.17 bits per heavy atom. The summed E-state index contributed by atoms with van der Waals surface area (Å²) in [5.41, 5.74) is 6.05. The van der Waals surface area contributed by atoms with E-state index in [4.69, 9.17) is 5.73 Å². The van der Waals surface area contributed by atoms with Crippen LogP contribution in [0, 0.1) is 11.3 Å². The molecule has 0 aliphatic carbocycles. The lowest BCUT2D eigenvalue weighted by Gasteiger charge is -2.27. The van der Waals surface area contributed by atoms with Gasteiger partial charge in [0.15, 0.2) is 0 Å². The lowest BCUT2D eigenvalue weighted by molar-refractivity contribution is 0.226. The van der Waals surface area contributed by atoms with Crippen molar-refractivity contribution < 1.29 is 0 Å². The van der Waals surface area contributed by atoms with Gasteiger partial charge in [-0.25, -0.2) is 0 Å². The molecule has 4 nitrogen and oxygen atoms in total. The molecule has 2 rings (SSSR count). The van der Waals surface area contributed by atoms with E-state index in [-0.39, 0.29) is 0 Å². The maximum Gasteiger partial charge on any atom is 0.145 e. The first-order valence-corrected chi connectivity index (χ1v) is 6.96. The molecule has 1 unspecified atom stereocenters. The van der Waals surface area contributed by atoms with Crippen LogP contribution < -0.4 is 5.73 Å². The van der Waals surface area contributed by atoms with Crippen LogP contribution in [0.2, 0.25) is 0 Å². The number of hydrogen-bond donors (Lipinski definition) is 1. The van der Waals surface area contributed by atoms with E-state index in [9.17, 15) is 0 Å². The van der Waals surface area contributed by atoms with Gasteiger partial charge in [0.05, 0.1) is 0 Å². The summed E-state index contributed by atoms with van der Waals surface area (Å²) in [6.07, 6.45) is 4.45. The first kappa shape index (κ1) is 13.4. The van der Waals surface area contributed by atoms with Crippen LogP contribution in [0.1, 0.15) is 33.6 Å². The Morgan fingerprint density at radius 1 is 1.39 bits per heavy atom. The van der Waals surface area contributed by atoms with Crippen LogP contribution >= 0.6 is 0 Å². The third kappa shape index (κ3) is 3.48. The predicted octanol–water partition coefficient (Wildman–Crippen LogP) is 2.22. The van der Waals surface area contributed by atoms with Crippen LogP contribution in [0.25, 0.3) is 0 Å². The molecule has 2 heterocycles. The number of anilines is 1. The van der Waals surface area contributed by atoms with Crippen molar-refractivity contribution in [3.05, 3.63) is 12.3 Å². The number of nitrogen functional groups attached to an aromatic ring is 1. The molecule has 18 heavy (non-hydrogen) atoms. The zero-order chi connectivity index (χ0) is 13.2. The summed E-state index contributed by atoms with van der Waals surface area (Å²) in [5.74, 6) is 1.46. The molecular formula is C14H26N4. The Morgan fingerprint density at radius 3 is 2.72 bits per heavy atom. The molecule has 0 saturated carbocycles. The molecule has 1 aliphatic rings. The fourth-order valence-corrected chi connectivity index (χ4v) is 2.70. The van der Waals surface area contributed by atoms with Gasteiger partial charge in [0.2, 0.25) is 0 Å². The standard InChI is InChI=1S/C14H26N4/c1-14(2,3)12-5-9-17(11-12)7-4-8-18-10-6-13(15)16-18/h6,10,12H,4-5,7-9,11H2,1-3H3,(H2,15,16). The molecule has 0 amide bonds. The van der Waals surface area contributed by atoms with Crippen molar-refractivity contribution in [1.82, 2.24) is 14.7 Å². The molecule has 1 aliphatic heterocycles. The maximum absolute atomic E-state index is 5.60. The van der Waals surface area contributed by atoms with Gasteiger partial charge in [-0.3, -0.25) is 4.68 Å². The zero-order valence-electron chi connectivity index (χ0n) is 11.9. The van der Waals surface area contributed by atoms with E-state index >= 15 is 0 Å². The third-order valence-electron chi connectivity index (χ3n) is 4.02. The SMILES string of the molecule is CC(C)(C)C1CCN(CCCn2ccc(N)n2)C1. The smallest absolute Gasteiger partial charge is 0.145 e. The highest BCUT2D eigenvalue weighted by Gasteiger charge is 2.31. The molecule has 1 fully saturated rings. The fraction of sp³-hybridized carbons (Fsp3) is 0.786. The Hall–Kier alpha value is -1.03. The second kappa shape index (κ2) is 5.31. The highest BCUT2D eigenvalue weighted by molar-refractivity contribution is 5.23. The predicted molar refractivity (Wildman–Crippen MR) is 75.3 cm³/mol. The quantitative estimate of drug-likeness (QED) is 0.891. The molecule has 1 saturated heterocycles. The van der Waals surface area contributed by atoms with Crippen molar-refractivity contribution in [2.24, 2.45) is 11.3 Å². The summed E-state index contributed by atoms with van der Waals surface area (Å²) in [6.45, 7) is 11.7. The van der Waals surface area contributed by atoms with Crippen molar-refractivity contribution in [1.29, 1.82) is 0 Å². The molecule has 1 aromatic rings. The van der Waals surface area contributed by atoms with Gasteiger partial charge in [-0.1, -0.05) is 20.8 Å². The van der Waals surface area contributed by atoms with Crippen molar-refractivity contribution in [3.8, 4) is 0 Å². The number of hydrogen-bond acceptors (Lipinski definition) is 3. The van der Waals surface area contributed by atoms with Gasteiger partial charge in [-0.2, -0.15) is 5.10 Å². The zero-order valence-corrected chi connectivity index (χ0v) is 11.9. The summed E-state index contributed by atoms with van der Waals surface area (Å²) in [5, 5.41) is 4.20. The van der Waals surface area contributed by atoms with Gasteiger partial charge in [0.1, 0.15) is 5.82 Å². The maximum atomic E-state index is 5.60. The molecule has 0 spiro atoms. The Labute approximate surface area is 110 Å². The van der Waals surface area contributed by atoms with E-state index in [0.717, 1.165) is 18.9 Å². The number of likely N-dealkylation sites (tertiary alicyclic amines) is 1. The topological polar surface area (TPSA) is 47.1 Å². The van der Waals surface area contributed by atoms with Gasteiger partial charge in [0.25, 0.3) is 0 Å². The normalized spacial score (nSPS) is 21.6. The largest absolute Gasteiger partial charge is 0.382 e.